The molecule has 2 N–H and O–H groups in total. The molecule has 0 aliphatic carbocycles. The summed E-state index contributed by atoms with van der Waals surface area (Å²) in [6, 6.07) is 3.07. The molecule has 14 heavy (non-hydrogen) atoms. The molecule has 5 heteroatoms. The molecule has 3 nitrogen and oxygen atoms in total. The second kappa shape index (κ2) is 3.22. The molecule has 0 saturated heterocycles. The van der Waals surface area contributed by atoms with Crippen LogP contribution in [0.5, 0.6) is 0 Å². The van der Waals surface area contributed by atoms with Gasteiger partial charge < -0.3 is 10.1 Å². The predicted octanol–water partition coefficient (Wildman–Crippen LogP) is 2.41. The molecule has 74 valence electrons. The summed E-state index contributed by atoms with van der Waals surface area (Å²) in [5, 5.41) is 9.26. The smallest absolute Gasteiger partial charge is 0.169 e. The number of aromatic nitrogens is 2. The van der Waals surface area contributed by atoms with Crippen molar-refractivity contribution in [1.29, 1.82) is 0 Å². The summed E-state index contributed by atoms with van der Waals surface area (Å²) >= 11 is 5.59. The van der Waals surface area contributed by atoms with Crippen molar-refractivity contribution in [3.8, 4) is 0 Å². The van der Waals surface area contributed by atoms with Crippen LogP contribution in [0.1, 0.15) is 18.9 Å². The Kier molecular flexibility index (Phi) is 2.17. The van der Waals surface area contributed by atoms with E-state index in [0.717, 1.165) is 0 Å². The highest BCUT2D eigenvalue weighted by molar-refractivity contribution is 6.31. The number of aromatic amines is 1. The van der Waals surface area contributed by atoms with Gasteiger partial charge in [-0.05, 0) is 19.1 Å². The average molecular weight is 215 g/mol. The van der Waals surface area contributed by atoms with E-state index in [4.69, 9.17) is 11.6 Å². The Balaban J connectivity index is 2.71. The van der Waals surface area contributed by atoms with Crippen LogP contribution in [-0.4, -0.2) is 15.1 Å². The zero-order valence-electron chi connectivity index (χ0n) is 7.38. The molecule has 1 aromatic heterocycles. The lowest BCUT2D eigenvalue weighted by Crippen LogP contribution is -1.92. The minimum atomic E-state index is -0.749. The van der Waals surface area contributed by atoms with Crippen molar-refractivity contribution in [3.63, 3.8) is 0 Å². The first-order valence-corrected chi connectivity index (χ1v) is 4.49. The first-order chi connectivity index (χ1) is 6.59. The second-order valence-electron chi connectivity index (χ2n) is 3.06. The first kappa shape index (κ1) is 9.43. The highest BCUT2D eigenvalue weighted by Gasteiger charge is 2.12. The maximum Gasteiger partial charge on any atom is 0.169 e. The van der Waals surface area contributed by atoms with Gasteiger partial charge in [0.05, 0.1) is 10.5 Å². The Labute approximate surface area is 84.5 Å². The number of halogens is 2. The van der Waals surface area contributed by atoms with Crippen LogP contribution in [-0.2, 0) is 0 Å². The van der Waals surface area contributed by atoms with Crippen LogP contribution < -0.4 is 0 Å². The largest absolute Gasteiger partial charge is 0.385 e. The number of aliphatic hydroxyl groups is 1. The molecule has 1 heterocycles. The molecule has 0 amide bonds. The van der Waals surface area contributed by atoms with Gasteiger partial charge in [0, 0.05) is 0 Å². The summed E-state index contributed by atoms with van der Waals surface area (Å²) in [6.07, 6.45) is -0.749. The van der Waals surface area contributed by atoms with Crippen molar-refractivity contribution in [2.75, 3.05) is 0 Å². The number of hydrogen-bond donors (Lipinski definition) is 2. The Morgan fingerprint density at radius 2 is 2.29 bits per heavy atom. The number of fused-ring (bicyclic) bond motifs is 1. The van der Waals surface area contributed by atoms with Gasteiger partial charge in [-0.15, -0.1) is 0 Å². The fourth-order valence-electron chi connectivity index (χ4n) is 1.23. The molecule has 0 aliphatic heterocycles. The quantitative estimate of drug-likeness (QED) is 0.766. The number of hydrogen-bond acceptors (Lipinski definition) is 2. The molecule has 0 radical (unpaired) electrons. The van der Waals surface area contributed by atoms with Crippen molar-refractivity contribution >= 4 is 22.6 Å². The lowest BCUT2D eigenvalue weighted by molar-refractivity contribution is 0.190. The van der Waals surface area contributed by atoms with E-state index in [9.17, 15) is 9.50 Å². The Hall–Kier alpha value is -1.13. The summed E-state index contributed by atoms with van der Waals surface area (Å²) in [4.78, 5) is 6.71. The van der Waals surface area contributed by atoms with Gasteiger partial charge in [0.15, 0.2) is 5.82 Å². The van der Waals surface area contributed by atoms with Crippen molar-refractivity contribution in [2.45, 2.75) is 13.0 Å². The molecule has 0 aliphatic rings. The van der Waals surface area contributed by atoms with Crippen LogP contribution in [0.4, 0.5) is 4.39 Å². The third-order valence-electron chi connectivity index (χ3n) is 1.96. The van der Waals surface area contributed by atoms with Crippen molar-refractivity contribution in [1.82, 2.24) is 9.97 Å². The lowest BCUT2D eigenvalue weighted by atomic mass is 10.3. The van der Waals surface area contributed by atoms with Gasteiger partial charge in [-0.25, -0.2) is 9.37 Å². The average Bonchev–Trinajstić information content (AvgIpc) is 2.56. The van der Waals surface area contributed by atoms with Crippen molar-refractivity contribution in [2.24, 2.45) is 0 Å². The van der Waals surface area contributed by atoms with Crippen LogP contribution >= 0.6 is 11.6 Å². The molecule has 1 atom stereocenters. The third kappa shape index (κ3) is 1.36. The molecule has 0 fully saturated rings. The molecule has 1 aromatic carbocycles. The van der Waals surface area contributed by atoms with E-state index in [1.165, 1.54) is 6.07 Å². The second-order valence-corrected chi connectivity index (χ2v) is 3.46. The zero-order chi connectivity index (χ0) is 10.3. The summed E-state index contributed by atoms with van der Waals surface area (Å²) < 4.78 is 13.4. The SMILES string of the molecule is CC(O)c1nc2c(F)c(Cl)ccc2[nH]1. The monoisotopic (exact) mass is 214 g/mol. The molecule has 0 saturated carbocycles. The summed E-state index contributed by atoms with van der Waals surface area (Å²) in [7, 11) is 0. The van der Waals surface area contributed by atoms with Gasteiger partial charge in [-0.2, -0.15) is 0 Å². The van der Waals surface area contributed by atoms with Crippen LogP contribution in [0, 0.1) is 5.82 Å². The maximum atomic E-state index is 13.4. The van der Waals surface area contributed by atoms with E-state index in [2.05, 4.69) is 9.97 Å². The van der Waals surface area contributed by atoms with E-state index in [-0.39, 0.29) is 10.5 Å². The van der Waals surface area contributed by atoms with Gasteiger partial charge in [0.25, 0.3) is 0 Å². The minimum absolute atomic E-state index is 0.0288. The molecule has 2 aromatic rings. The molecule has 1 unspecified atom stereocenters. The highest BCUT2D eigenvalue weighted by Crippen LogP contribution is 2.24. The number of benzene rings is 1. The Morgan fingerprint density at radius 3 is 2.93 bits per heavy atom. The fourth-order valence-corrected chi connectivity index (χ4v) is 1.39. The van der Waals surface area contributed by atoms with E-state index >= 15 is 0 Å². The molecular formula is C9H8ClFN2O. The topological polar surface area (TPSA) is 48.9 Å². The molecule has 0 spiro atoms. The van der Waals surface area contributed by atoms with Crippen LogP contribution in [0.15, 0.2) is 12.1 Å². The number of aliphatic hydroxyl groups excluding tert-OH is 1. The minimum Gasteiger partial charge on any atom is -0.385 e. The van der Waals surface area contributed by atoms with E-state index in [0.29, 0.717) is 11.3 Å². The lowest BCUT2D eigenvalue weighted by Gasteiger charge is -1.95. The van der Waals surface area contributed by atoms with Crippen LogP contribution in [0.2, 0.25) is 5.02 Å². The third-order valence-corrected chi connectivity index (χ3v) is 2.25. The number of nitrogens with zero attached hydrogens (tertiary/aromatic N) is 1. The van der Waals surface area contributed by atoms with Gasteiger partial charge in [0.2, 0.25) is 0 Å². The van der Waals surface area contributed by atoms with Crippen LogP contribution in [0.3, 0.4) is 0 Å². The van der Waals surface area contributed by atoms with E-state index in [1.54, 1.807) is 13.0 Å². The van der Waals surface area contributed by atoms with Crippen molar-refractivity contribution in [3.05, 3.63) is 28.8 Å². The van der Waals surface area contributed by atoms with Gasteiger partial charge in [-0.3, -0.25) is 0 Å². The van der Waals surface area contributed by atoms with Gasteiger partial charge in [-0.1, -0.05) is 11.6 Å². The van der Waals surface area contributed by atoms with Gasteiger partial charge >= 0.3 is 0 Å². The standard InChI is InChI=1S/C9H8ClFN2O/c1-4(14)9-12-6-3-2-5(10)7(11)8(6)13-9/h2-4,14H,1H3,(H,12,13). The summed E-state index contributed by atoms with van der Waals surface area (Å²) in [5.41, 5.74) is 0.691. The number of rotatable bonds is 1. The first-order valence-electron chi connectivity index (χ1n) is 4.11. The number of H-pyrrole nitrogens is 1. The van der Waals surface area contributed by atoms with Crippen LogP contribution in [0.25, 0.3) is 11.0 Å². The predicted molar refractivity (Wildman–Crippen MR) is 51.7 cm³/mol. The normalized spacial score (nSPS) is 13.4. The number of imidazole rings is 1. The highest BCUT2D eigenvalue weighted by atomic mass is 35.5. The van der Waals surface area contributed by atoms with E-state index < -0.39 is 11.9 Å². The molecule has 2 rings (SSSR count). The zero-order valence-corrected chi connectivity index (χ0v) is 8.14. The Bertz CT molecular complexity index is 481. The maximum absolute atomic E-state index is 13.4. The fraction of sp³-hybridized carbons (Fsp3) is 0.222. The van der Waals surface area contributed by atoms with Gasteiger partial charge in [0.1, 0.15) is 17.4 Å². The summed E-state index contributed by atoms with van der Waals surface area (Å²) in [6.45, 7) is 1.55. The summed E-state index contributed by atoms with van der Waals surface area (Å²) in [5.74, 6) is -0.228. The molecule has 0 bridgehead atoms. The van der Waals surface area contributed by atoms with E-state index in [1.807, 2.05) is 0 Å². The number of nitrogens with one attached hydrogen (secondary N) is 1. The van der Waals surface area contributed by atoms with Crippen molar-refractivity contribution < 1.29 is 9.50 Å². The molecular weight excluding hydrogens is 207 g/mol. The Morgan fingerprint density at radius 1 is 1.57 bits per heavy atom.